The van der Waals surface area contributed by atoms with Gasteiger partial charge in [-0.15, -0.1) is 0 Å². The van der Waals surface area contributed by atoms with Crippen LogP contribution in [0.25, 0.3) is 0 Å². The van der Waals surface area contributed by atoms with Crippen LogP contribution in [0.4, 0.5) is 5.82 Å². The number of hydrogen-bond acceptors (Lipinski definition) is 3. The van der Waals surface area contributed by atoms with E-state index < -0.39 is 0 Å². The normalized spacial score (nSPS) is 20.3. The van der Waals surface area contributed by atoms with E-state index in [1.807, 2.05) is 4.90 Å². The van der Waals surface area contributed by atoms with Crippen molar-refractivity contribution in [2.24, 2.45) is 0 Å². The van der Waals surface area contributed by atoms with Gasteiger partial charge < -0.3 is 10.6 Å². The van der Waals surface area contributed by atoms with Crippen molar-refractivity contribution in [3.63, 3.8) is 0 Å². The minimum absolute atomic E-state index is 0.0175. The lowest BCUT2D eigenvalue weighted by Gasteiger charge is -2.35. The number of hydrogen-bond donors (Lipinski definition) is 1. The molecule has 0 radical (unpaired) electrons. The van der Waals surface area contributed by atoms with E-state index in [0.29, 0.717) is 17.6 Å². The van der Waals surface area contributed by atoms with Crippen molar-refractivity contribution >= 4 is 11.7 Å². The van der Waals surface area contributed by atoms with Gasteiger partial charge in [0.05, 0.1) is 0 Å². The molecule has 0 aliphatic carbocycles. The Morgan fingerprint density at radius 3 is 3.06 bits per heavy atom. The standard InChI is InChI=1S/C13H19N3O/c1-2-10-6-3-4-9-16(10)13(17)11-7-5-8-12(14)15-11/h5,7-8,10H,2-4,6,9H2,1H3,(H2,14,15). The Hall–Kier alpha value is -1.58. The maximum absolute atomic E-state index is 12.3. The van der Waals surface area contributed by atoms with Crippen LogP contribution in [-0.2, 0) is 0 Å². The van der Waals surface area contributed by atoms with E-state index >= 15 is 0 Å². The molecule has 4 heteroatoms. The number of nitrogen functional groups attached to an aromatic ring is 1. The van der Waals surface area contributed by atoms with Crippen LogP contribution >= 0.6 is 0 Å². The molecular weight excluding hydrogens is 214 g/mol. The SMILES string of the molecule is CCC1CCCCN1C(=O)c1cccc(N)n1. The van der Waals surface area contributed by atoms with Crippen LogP contribution in [0.15, 0.2) is 18.2 Å². The molecule has 4 nitrogen and oxygen atoms in total. The molecular formula is C13H19N3O. The second-order valence-electron chi connectivity index (χ2n) is 4.50. The highest BCUT2D eigenvalue weighted by Crippen LogP contribution is 2.21. The van der Waals surface area contributed by atoms with Gasteiger partial charge >= 0.3 is 0 Å². The van der Waals surface area contributed by atoms with E-state index in [9.17, 15) is 4.79 Å². The summed E-state index contributed by atoms with van der Waals surface area (Å²) >= 11 is 0. The van der Waals surface area contributed by atoms with Gasteiger partial charge in [-0.3, -0.25) is 4.79 Å². The van der Waals surface area contributed by atoms with Crippen molar-refractivity contribution in [3.8, 4) is 0 Å². The van der Waals surface area contributed by atoms with Crippen molar-refractivity contribution < 1.29 is 4.79 Å². The number of amides is 1. The molecule has 1 aromatic rings. The fourth-order valence-corrected chi connectivity index (χ4v) is 2.41. The number of anilines is 1. The number of piperidine rings is 1. The highest BCUT2D eigenvalue weighted by molar-refractivity contribution is 5.92. The summed E-state index contributed by atoms with van der Waals surface area (Å²) in [5.74, 6) is 0.421. The van der Waals surface area contributed by atoms with Crippen LogP contribution in [-0.4, -0.2) is 28.4 Å². The third-order valence-electron chi connectivity index (χ3n) is 3.35. The third kappa shape index (κ3) is 2.57. The molecule has 1 atom stereocenters. The average Bonchev–Trinajstić information content (AvgIpc) is 2.38. The van der Waals surface area contributed by atoms with E-state index in [-0.39, 0.29) is 5.91 Å². The van der Waals surface area contributed by atoms with Gasteiger partial charge in [-0.2, -0.15) is 0 Å². The van der Waals surface area contributed by atoms with E-state index in [1.54, 1.807) is 18.2 Å². The monoisotopic (exact) mass is 233 g/mol. The Morgan fingerprint density at radius 1 is 1.53 bits per heavy atom. The van der Waals surface area contributed by atoms with E-state index in [2.05, 4.69) is 11.9 Å². The van der Waals surface area contributed by atoms with Gasteiger partial charge in [0.2, 0.25) is 0 Å². The second kappa shape index (κ2) is 5.17. The molecule has 2 heterocycles. The first kappa shape index (κ1) is 11.9. The highest BCUT2D eigenvalue weighted by atomic mass is 16.2. The zero-order valence-electron chi connectivity index (χ0n) is 10.2. The molecule has 17 heavy (non-hydrogen) atoms. The van der Waals surface area contributed by atoms with Gasteiger partial charge in [-0.05, 0) is 37.8 Å². The lowest BCUT2D eigenvalue weighted by molar-refractivity contribution is 0.0602. The Bertz CT molecular complexity index is 405. The number of nitrogens with zero attached hydrogens (tertiary/aromatic N) is 2. The van der Waals surface area contributed by atoms with Crippen molar-refractivity contribution in [2.45, 2.75) is 38.6 Å². The molecule has 0 aromatic carbocycles. The largest absolute Gasteiger partial charge is 0.384 e. The first-order valence-corrected chi connectivity index (χ1v) is 6.26. The van der Waals surface area contributed by atoms with E-state index in [1.165, 1.54) is 6.42 Å². The molecule has 1 fully saturated rings. The maximum atomic E-state index is 12.3. The van der Waals surface area contributed by atoms with Crippen molar-refractivity contribution in [3.05, 3.63) is 23.9 Å². The zero-order valence-corrected chi connectivity index (χ0v) is 10.2. The van der Waals surface area contributed by atoms with Crippen LogP contribution in [0.3, 0.4) is 0 Å². The molecule has 1 aromatic heterocycles. The predicted molar refractivity (Wildman–Crippen MR) is 67.6 cm³/mol. The van der Waals surface area contributed by atoms with Crippen LogP contribution in [0.1, 0.15) is 43.1 Å². The van der Waals surface area contributed by atoms with E-state index in [0.717, 1.165) is 25.8 Å². The Morgan fingerprint density at radius 2 is 2.35 bits per heavy atom. The minimum atomic E-state index is 0.0175. The first-order chi connectivity index (χ1) is 8.22. The van der Waals surface area contributed by atoms with Crippen LogP contribution in [0.5, 0.6) is 0 Å². The van der Waals surface area contributed by atoms with Gasteiger partial charge in [0.15, 0.2) is 0 Å². The number of aromatic nitrogens is 1. The molecule has 1 aliphatic rings. The first-order valence-electron chi connectivity index (χ1n) is 6.26. The lowest BCUT2D eigenvalue weighted by atomic mass is 9.99. The molecule has 1 unspecified atom stereocenters. The van der Waals surface area contributed by atoms with Crippen molar-refractivity contribution in [1.29, 1.82) is 0 Å². The molecule has 1 aliphatic heterocycles. The summed E-state index contributed by atoms with van der Waals surface area (Å²) in [6.07, 6.45) is 4.41. The summed E-state index contributed by atoms with van der Waals surface area (Å²) < 4.78 is 0. The number of carbonyl (C=O) groups is 1. The van der Waals surface area contributed by atoms with Crippen molar-refractivity contribution in [2.75, 3.05) is 12.3 Å². The van der Waals surface area contributed by atoms with Gasteiger partial charge in [-0.1, -0.05) is 13.0 Å². The lowest BCUT2D eigenvalue weighted by Crippen LogP contribution is -2.43. The number of likely N-dealkylation sites (tertiary alicyclic amines) is 1. The fourth-order valence-electron chi connectivity index (χ4n) is 2.41. The Balaban J connectivity index is 2.18. The smallest absolute Gasteiger partial charge is 0.272 e. The topological polar surface area (TPSA) is 59.2 Å². The number of carbonyl (C=O) groups excluding carboxylic acids is 1. The predicted octanol–water partition coefficient (Wildman–Crippen LogP) is 2.07. The van der Waals surface area contributed by atoms with Crippen molar-refractivity contribution in [1.82, 2.24) is 9.88 Å². The molecule has 0 spiro atoms. The summed E-state index contributed by atoms with van der Waals surface area (Å²) in [6, 6.07) is 5.57. The zero-order chi connectivity index (χ0) is 12.3. The van der Waals surface area contributed by atoms with Gasteiger partial charge in [0.25, 0.3) is 5.91 Å². The number of rotatable bonds is 2. The molecule has 2 N–H and O–H groups in total. The number of pyridine rings is 1. The van der Waals surface area contributed by atoms with Crippen LogP contribution in [0, 0.1) is 0 Å². The highest BCUT2D eigenvalue weighted by Gasteiger charge is 2.26. The fraction of sp³-hybridized carbons (Fsp3) is 0.538. The minimum Gasteiger partial charge on any atom is -0.384 e. The third-order valence-corrected chi connectivity index (χ3v) is 3.35. The molecule has 92 valence electrons. The molecule has 0 saturated carbocycles. The van der Waals surface area contributed by atoms with Crippen LogP contribution in [0.2, 0.25) is 0 Å². The van der Waals surface area contributed by atoms with Gasteiger partial charge in [0.1, 0.15) is 11.5 Å². The second-order valence-corrected chi connectivity index (χ2v) is 4.50. The summed E-state index contributed by atoms with van der Waals surface area (Å²) in [4.78, 5) is 18.4. The summed E-state index contributed by atoms with van der Waals surface area (Å²) in [6.45, 7) is 2.97. The average molecular weight is 233 g/mol. The summed E-state index contributed by atoms with van der Waals surface area (Å²) in [5.41, 5.74) is 6.07. The summed E-state index contributed by atoms with van der Waals surface area (Å²) in [7, 11) is 0. The quantitative estimate of drug-likeness (QED) is 0.850. The van der Waals surface area contributed by atoms with Gasteiger partial charge in [-0.25, -0.2) is 4.98 Å². The van der Waals surface area contributed by atoms with Crippen LogP contribution < -0.4 is 5.73 Å². The Labute approximate surface area is 102 Å². The molecule has 1 saturated heterocycles. The number of nitrogens with two attached hydrogens (primary N) is 1. The van der Waals surface area contributed by atoms with Gasteiger partial charge in [0, 0.05) is 12.6 Å². The molecule has 0 bridgehead atoms. The Kier molecular flexibility index (Phi) is 3.61. The maximum Gasteiger partial charge on any atom is 0.272 e. The molecule has 1 amide bonds. The van der Waals surface area contributed by atoms with E-state index in [4.69, 9.17) is 5.73 Å². The summed E-state index contributed by atoms with van der Waals surface area (Å²) in [5, 5.41) is 0. The molecule has 2 rings (SSSR count).